The van der Waals surface area contributed by atoms with Gasteiger partial charge in [-0.05, 0) is 54.7 Å². The molecule has 0 saturated heterocycles. The summed E-state index contributed by atoms with van der Waals surface area (Å²) < 4.78 is 5.06. The molecule has 27 heavy (non-hydrogen) atoms. The van der Waals surface area contributed by atoms with Crippen molar-refractivity contribution in [3.8, 4) is 17.2 Å². The Morgan fingerprint density at radius 3 is 2.37 bits per heavy atom. The van der Waals surface area contributed by atoms with Gasteiger partial charge < -0.3 is 25.2 Å². The molecule has 0 aliphatic carbocycles. The van der Waals surface area contributed by atoms with E-state index in [1.165, 1.54) is 13.2 Å². The van der Waals surface area contributed by atoms with Crippen LogP contribution in [0.15, 0.2) is 36.4 Å². The first kappa shape index (κ1) is 20.7. The minimum atomic E-state index is -0.731. The van der Waals surface area contributed by atoms with Gasteiger partial charge in [0.2, 0.25) is 0 Å². The second-order valence-electron chi connectivity index (χ2n) is 6.56. The molecule has 6 heteroatoms. The Hall–Kier alpha value is -2.57. The molecule has 0 aromatic heterocycles. The average molecular weight is 374 g/mol. The first-order chi connectivity index (χ1) is 12.9. The third-order valence-corrected chi connectivity index (χ3v) is 4.48. The predicted octanol–water partition coefficient (Wildman–Crippen LogP) is 2.48. The Morgan fingerprint density at radius 1 is 1.04 bits per heavy atom. The zero-order valence-electron chi connectivity index (χ0n) is 15.4. The molecular formula is C21H26O6. The number of hydrogen-bond acceptors (Lipinski definition) is 6. The summed E-state index contributed by atoms with van der Waals surface area (Å²) in [5.74, 6) is 0.447. The fourth-order valence-corrected chi connectivity index (χ4v) is 2.88. The number of carbonyl (C=O) groups is 1. The monoisotopic (exact) mass is 374 g/mol. The van der Waals surface area contributed by atoms with Gasteiger partial charge in [-0.3, -0.25) is 4.79 Å². The topological polar surface area (TPSA) is 107 Å². The van der Waals surface area contributed by atoms with Crippen molar-refractivity contribution in [3.05, 3.63) is 53.1 Å². The number of Topliss-reactive ketones (excluding diaryl/α,β-unsaturated/α-hetero) is 1. The van der Waals surface area contributed by atoms with Gasteiger partial charge in [-0.2, -0.15) is 0 Å². The van der Waals surface area contributed by atoms with Crippen molar-refractivity contribution in [2.75, 3.05) is 7.11 Å². The fraction of sp³-hybridized carbons (Fsp3) is 0.381. The number of aromatic hydroxyl groups is 2. The number of benzene rings is 2. The van der Waals surface area contributed by atoms with E-state index in [1.54, 1.807) is 30.3 Å². The number of aliphatic hydroxyl groups excluding tert-OH is 2. The van der Waals surface area contributed by atoms with Crippen LogP contribution in [-0.4, -0.2) is 39.4 Å². The largest absolute Gasteiger partial charge is 0.508 e. The standard InChI is InChI=1S/C21H26O6/c1-27-21-11-15(5-9-20(21)26)3-7-18(24)12-17(23)6-2-14-4-8-19(25)16(10-14)13-22/h4-5,8-11,18,22,24-26H,2-3,6-7,12-13H2,1H3. The average Bonchev–Trinajstić information content (AvgIpc) is 2.66. The molecule has 0 heterocycles. The van der Waals surface area contributed by atoms with Crippen molar-refractivity contribution < 1.29 is 30.0 Å². The van der Waals surface area contributed by atoms with E-state index in [4.69, 9.17) is 9.84 Å². The van der Waals surface area contributed by atoms with E-state index in [1.807, 2.05) is 0 Å². The normalized spacial score (nSPS) is 12.0. The second kappa shape index (κ2) is 9.94. The summed E-state index contributed by atoms with van der Waals surface area (Å²) >= 11 is 0. The van der Waals surface area contributed by atoms with E-state index in [9.17, 15) is 20.1 Å². The van der Waals surface area contributed by atoms with Crippen LogP contribution < -0.4 is 4.74 Å². The minimum Gasteiger partial charge on any atom is -0.508 e. The molecule has 0 fully saturated rings. The molecule has 6 nitrogen and oxygen atoms in total. The van der Waals surface area contributed by atoms with Crippen molar-refractivity contribution in [2.24, 2.45) is 0 Å². The van der Waals surface area contributed by atoms with Crippen LogP contribution in [0.25, 0.3) is 0 Å². The minimum absolute atomic E-state index is 0.0360. The van der Waals surface area contributed by atoms with Gasteiger partial charge >= 0.3 is 0 Å². The lowest BCUT2D eigenvalue weighted by Crippen LogP contribution is -2.15. The van der Waals surface area contributed by atoms with E-state index in [-0.39, 0.29) is 30.3 Å². The highest BCUT2D eigenvalue weighted by molar-refractivity contribution is 5.79. The molecule has 0 bridgehead atoms. The van der Waals surface area contributed by atoms with Gasteiger partial charge in [-0.15, -0.1) is 0 Å². The van der Waals surface area contributed by atoms with E-state index < -0.39 is 6.10 Å². The van der Waals surface area contributed by atoms with Crippen LogP contribution in [0.4, 0.5) is 0 Å². The van der Waals surface area contributed by atoms with E-state index in [2.05, 4.69) is 0 Å². The molecule has 0 aliphatic rings. The summed E-state index contributed by atoms with van der Waals surface area (Å²) in [5.41, 5.74) is 2.21. The number of aliphatic hydroxyl groups is 2. The Balaban J connectivity index is 1.78. The maximum absolute atomic E-state index is 12.1. The molecule has 2 aromatic rings. The van der Waals surface area contributed by atoms with Gasteiger partial charge in [0.25, 0.3) is 0 Å². The van der Waals surface area contributed by atoms with Gasteiger partial charge in [-0.25, -0.2) is 0 Å². The lowest BCUT2D eigenvalue weighted by atomic mass is 9.99. The molecule has 0 aliphatic heterocycles. The highest BCUT2D eigenvalue weighted by atomic mass is 16.5. The molecule has 4 N–H and O–H groups in total. The van der Waals surface area contributed by atoms with Gasteiger partial charge in [0.1, 0.15) is 11.5 Å². The summed E-state index contributed by atoms with van der Waals surface area (Å²) in [5, 5.41) is 38.4. The van der Waals surface area contributed by atoms with E-state index in [0.717, 1.165) is 11.1 Å². The van der Waals surface area contributed by atoms with Crippen molar-refractivity contribution in [2.45, 2.75) is 44.8 Å². The van der Waals surface area contributed by atoms with E-state index in [0.29, 0.717) is 37.0 Å². The molecule has 0 spiro atoms. The number of aryl methyl sites for hydroxylation is 2. The second-order valence-corrected chi connectivity index (χ2v) is 6.56. The number of methoxy groups -OCH3 is 1. The molecule has 0 saturated carbocycles. The lowest BCUT2D eigenvalue weighted by Gasteiger charge is -2.11. The Morgan fingerprint density at radius 2 is 1.70 bits per heavy atom. The molecule has 146 valence electrons. The van der Waals surface area contributed by atoms with Crippen LogP contribution in [0.2, 0.25) is 0 Å². The summed E-state index contributed by atoms with van der Waals surface area (Å²) in [4.78, 5) is 12.1. The number of hydrogen-bond donors (Lipinski definition) is 4. The zero-order valence-corrected chi connectivity index (χ0v) is 15.4. The highest BCUT2D eigenvalue weighted by Gasteiger charge is 2.12. The molecule has 1 atom stereocenters. The maximum atomic E-state index is 12.1. The van der Waals surface area contributed by atoms with Gasteiger partial charge in [0, 0.05) is 18.4 Å². The van der Waals surface area contributed by atoms with Crippen molar-refractivity contribution in [3.63, 3.8) is 0 Å². The van der Waals surface area contributed by atoms with Gasteiger partial charge in [0.05, 0.1) is 19.8 Å². The molecule has 0 amide bonds. The SMILES string of the molecule is COc1cc(CCC(O)CC(=O)CCc2ccc(O)c(CO)c2)ccc1O. The first-order valence-electron chi connectivity index (χ1n) is 8.90. The summed E-state index contributed by atoms with van der Waals surface area (Å²) in [7, 11) is 1.48. The number of ether oxygens (including phenoxy) is 1. The van der Waals surface area contributed by atoms with Gasteiger partial charge in [-0.1, -0.05) is 12.1 Å². The summed E-state index contributed by atoms with van der Waals surface area (Å²) in [6, 6.07) is 9.92. The molecular weight excluding hydrogens is 348 g/mol. The third kappa shape index (κ3) is 6.27. The van der Waals surface area contributed by atoms with E-state index >= 15 is 0 Å². The van der Waals surface area contributed by atoms with Crippen LogP contribution in [0.1, 0.15) is 36.0 Å². The van der Waals surface area contributed by atoms with Crippen molar-refractivity contribution >= 4 is 5.78 Å². The molecule has 0 radical (unpaired) electrons. The first-order valence-corrected chi connectivity index (χ1v) is 8.90. The number of phenols is 2. The molecule has 1 unspecified atom stereocenters. The van der Waals surface area contributed by atoms with Crippen LogP contribution in [0.3, 0.4) is 0 Å². The number of rotatable bonds is 10. The molecule has 2 aromatic carbocycles. The van der Waals surface area contributed by atoms with Crippen molar-refractivity contribution in [1.29, 1.82) is 0 Å². The summed E-state index contributed by atoms with van der Waals surface area (Å²) in [6.07, 6.45) is 1.15. The van der Waals surface area contributed by atoms with Gasteiger partial charge in [0.15, 0.2) is 11.5 Å². The highest BCUT2D eigenvalue weighted by Crippen LogP contribution is 2.27. The predicted molar refractivity (Wildman–Crippen MR) is 101 cm³/mol. The van der Waals surface area contributed by atoms with Crippen LogP contribution in [-0.2, 0) is 24.2 Å². The number of phenolic OH excluding ortho intramolecular Hbond substituents is 1. The van der Waals surface area contributed by atoms with Crippen LogP contribution in [0, 0.1) is 0 Å². The third-order valence-electron chi connectivity index (χ3n) is 4.48. The molecule has 2 rings (SSSR count). The van der Waals surface area contributed by atoms with Crippen LogP contribution in [0.5, 0.6) is 17.2 Å². The lowest BCUT2D eigenvalue weighted by molar-refractivity contribution is -0.120. The Bertz CT molecular complexity index is 771. The smallest absolute Gasteiger partial charge is 0.160 e. The maximum Gasteiger partial charge on any atom is 0.160 e. The quantitative estimate of drug-likeness (QED) is 0.509. The zero-order chi connectivity index (χ0) is 19.8. The van der Waals surface area contributed by atoms with Crippen LogP contribution >= 0.6 is 0 Å². The Kier molecular flexibility index (Phi) is 7.64. The Labute approximate surface area is 158 Å². The summed E-state index contributed by atoms with van der Waals surface area (Å²) in [6.45, 7) is -0.256. The van der Waals surface area contributed by atoms with Crippen molar-refractivity contribution in [1.82, 2.24) is 0 Å². The number of carbonyl (C=O) groups excluding carboxylic acids is 1. The fourth-order valence-electron chi connectivity index (χ4n) is 2.88. The number of ketones is 1.